The SMILES string of the molecule is CC(C)C[C@H](N)C(=O)N(CC=O)C(=O)OC(C)(C)C. The Morgan fingerprint density at radius 2 is 1.84 bits per heavy atom. The van der Waals surface area contributed by atoms with E-state index in [9.17, 15) is 14.4 Å². The quantitative estimate of drug-likeness (QED) is 0.762. The maximum Gasteiger partial charge on any atom is 0.417 e. The molecule has 0 aromatic carbocycles. The molecule has 0 bridgehead atoms. The molecule has 0 aliphatic carbocycles. The van der Waals surface area contributed by atoms with E-state index >= 15 is 0 Å². The van der Waals surface area contributed by atoms with Gasteiger partial charge in [-0.1, -0.05) is 13.8 Å². The molecular formula is C13H24N2O4. The Bertz CT molecular complexity index is 334. The molecule has 2 amide bonds. The van der Waals surface area contributed by atoms with Gasteiger partial charge in [0, 0.05) is 0 Å². The maximum atomic E-state index is 12.0. The zero-order chi connectivity index (χ0) is 15.2. The minimum Gasteiger partial charge on any atom is -0.443 e. The van der Waals surface area contributed by atoms with Crippen LogP contribution in [-0.2, 0) is 14.3 Å². The van der Waals surface area contributed by atoms with Gasteiger partial charge in [0.15, 0.2) is 0 Å². The van der Waals surface area contributed by atoms with Crippen LogP contribution in [0, 0.1) is 5.92 Å². The van der Waals surface area contributed by atoms with Gasteiger partial charge in [-0.25, -0.2) is 9.69 Å². The third kappa shape index (κ3) is 6.91. The predicted molar refractivity (Wildman–Crippen MR) is 71.4 cm³/mol. The van der Waals surface area contributed by atoms with Crippen LogP contribution in [0.1, 0.15) is 41.0 Å². The van der Waals surface area contributed by atoms with E-state index in [0.29, 0.717) is 12.7 Å². The first-order valence-corrected chi connectivity index (χ1v) is 6.32. The molecule has 0 heterocycles. The number of nitrogens with two attached hydrogens (primary N) is 1. The van der Waals surface area contributed by atoms with Crippen LogP contribution in [0.2, 0.25) is 0 Å². The number of hydrogen-bond acceptors (Lipinski definition) is 5. The smallest absolute Gasteiger partial charge is 0.417 e. The van der Waals surface area contributed by atoms with Crippen molar-refractivity contribution in [3.8, 4) is 0 Å². The Hall–Kier alpha value is -1.43. The van der Waals surface area contributed by atoms with E-state index in [1.165, 1.54) is 0 Å². The van der Waals surface area contributed by atoms with Gasteiger partial charge in [-0.15, -0.1) is 0 Å². The van der Waals surface area contributed by atoms with Crippen LogP contribution in [-0.4, -0.2) is 41.4 Å². The molecule has 0 rings (SSSR count). The number of hydrogen-bond donors (Lipinski definition) is 1. The molecule has 6 nitrogen and oxygen atoms in total. The third-order valence-corrected chi connectivity index (χ3v) is 2.18. The number of nitrogens with zero attached hydrogens (tertiary/aromatic N) is 1. The number of carbonyl (C=O) groups excluding carboxylic acids is 3. The lowest BCUT2D eigenvalue weighted by Gasteiger charge is -2.27. The highest BCUT2D eigenvalue weighted by molar-refractivity contribution is 5.96. The van der Waals surface area contributed by atoms with Crippen LogP contribution >= 0.6 is 0 Å². The molecule has 0 saturated heterocycles. The molecule has 0 radical (unpaired) electrons. The minimum atomic E-state index is -0.844. The van der Waals surface area contributed by atoms with Gasteiger partial charge in [-0.05, 0) is 33.1 Å². The topological polar surface area (TPSA) is 89.7 Å². The second-order valence-corrected chi connectivity index (χ2v) is 5.83. The number of aldehydes is 1. The van der Waals surface area contributed by atoms with Crippen molar-refractivity contribution >= 4 is 18.3 Å². The molecular weight excluding hydrogens is 248 g/mol. The second-order valence-electron chi connectivity index (χ2n) is 5.83. The summed E-state index contributed by atoms with van der Waals surface area (Å²) < 4.78 is 5.08. The van der Waals surface area contributed by atoms with Crippen LogP contribution < -0.4 is 5.73 Å². The summed E-state index contributed by atoms with van der Waals surface area (Å²) in [5, 5.41) is 0. The van der Waals surface area contributed by atoms with Gasteiger partial charge in [-0.2, -0.15) is 0 Å². The summed E-state index contributed by atoms with van der Waals surface area (Å²) in [6.45, 7) is 8.54. The lowest BCUT2D eigenvalue weighted by atomic mass is 10.0. The van der Waals surface area contributed by atoms with Crippen molar-refractivity contribution in [1.29, 1.82) is 0 Å². The fourth-order valence-electron chi connectivity index (χ4n) is 1.45. The maximum absolute atomic E-state index is 12.0. The van der Waals surface area contributed by atoms with Crippen molar-refractivity contribution in [3.05, 3.63) is 0 Å². The largest absolute Gasteiger partial charge is 0.443 e. The molecule has 2 N–H and O–H groups in total. The number of carbonyl (C=O) groups is 3. The average molecular weight is 272 g/mol. The van der Waals surface area contributed by atoms with Gasteiger partial charge in [0.2, 0.25) is 5.91 Å². The highest BCUT2D eigenvalue weighted by atomic mass is 16.6. The van der Waals surface area contributed by atoms with Gasteiger partial charge in [0.05, 0.1) is 12.6 Å². The summed E-state index contributed by atoms with van der Waals surface area (Å²) in [7, 11) is 0. The highest BCUT2D eigenvalue weighted by Crippen LogP contribution is 2.12. The number of amides is 2. The molecule has 0 unspecified atom stereocenters. The zero-order valence-corrected chi connectivity index (χ0v) is 12.3. The fourth-order valence-corrected chi connectivity index (χ4v) is 1.45. The van der Waals surface area contributed by atoms with Crippen molar-refractivity contribution < 1.29 is 19.1 Å². The average Bonchev–Trinajstić information content (AvgIpc) is 2.21. The number of ether oxygens (including phenoxy) is 1. The van der Waals surface area contributed by atoms with Gasteiger partial charge in [0.1, 0.15) is 11.9 Å². The summed E-state index contributed by atoms with van der Waals surface area (Å²) in [6.07, 6.45) is 0.0739. The van der Waals surface area contributed by atoms with E-state index in [1.54, 1.807) is 20.8 Å². The molecule has 19 heavy (non-hydrogen) atoms. The van der Waals surface area contributed by atoms with Crippen LogP contribution in [0.15, 0.2) is 0 Å². The molecule has 0 saturated carbocycles. The Morgan fingerprint density at radius 3 is 2.21 bits per heavy atom. The van der Waals surface area contributed by atoms with E-state index < -0.39 is 23.6 Å². The van der Waals surface area contributed by atoms with Crippen molar-refractivity contribution in [2.75, 3.05) is 6.54 Å². The monoisotopic (exact) mass is 272 g/mol. The van der Waals surface area contributed by atoms with Gasteiger partial charge in [0.25, 0.3) is 0 Å². The van der Waals surface area contributed by atoms with Gasteiger partial charge >= 0.3 is 6.09 Å². The Labute approximate surface area is 114 Å². The van der Waals surface area contributed by atoms with E-state index in [0.717, 1.165) is 4.90 Å². The van der Waals surface area contributed by atoms with E-state index in [-0.39, 0.29) is 12.5 Å². The van der Waals surface area contributed by atoms with Crippen LogP contribution in [0.4, 0.5) is 4.79 Å². The molecule has 6 heteroatoms. The standard InChI is InChI=1S/C13H24N2O4/c1-9(2)8-10(14)11(17)15(6-7-16)12(18)19-13(3,4)5/h7,9-10H,6,8,14H2,1-5H3/t10-/m0/s1. The zero-order valence-electron chi connectivity index (χ0n) is 12.3. The number of rotatable bonds is 5. The van der Waals surface area contributed by atoms with E-state index in [1.807, 2.05) is 13.8 Å². The molecule has 110 valence electrons. The highest BCUT2D eigenvalue weighted by Gasteiger charge is 2.30. The molecule has 0 fully saturated rings. The van der Waals surface area contributed by atoms with Crippen LogP contribution in [0.3, 0.4) is 0 Å². The third-order valence-electron chi connectivity index (χ3n) is 2.18. The van der Waals surface area contributed by atoms with Crippen molar-refractivity contribution in [2.45, 2.75) is 52.7 Å². The summed E-state index contributed by atoms with van der Waals surface area (Å²) in [5.74, 6) is -0.370. The molecule has 0 aliphatic rings. The Morgan fingerprint density at radius 1 is 1.32 bits per heavy atom. The predicted octanol–water partition coefficient (Wildman–Crippen LogP) is 1.32. The van der Waals surface area contributed by atoms with Crippen molar-refractivity contribution in [3.63, 3.8) is 0 Å². The van der Waals surface area contributed by atoms with Gasteiger partial charge in [-0.3, -0.25) is 4.79 Å². The van der Waals surface area contributed by atoms with Gasteiger partial charge < -0.3 is 15.3 Å². The molecule has 0 spiro atoms. The summed E-state index contributed by atoms with van der Waals surface area (Å²) in [6, 6.07) is -0.813. The molecule has 0 aromatic heterocycles. The molecule has 0 aromatic rings. The van der Waals surface area contributed by atoms with Crippen LogP contribution in [0.5, 0.6) is 0 Å². The van der Waals surface area contributed by atoms with Crippen molar-refractivity contribution in [2.24, 2.45) is 11.7 Å². The van der Waals surface area contributed by atoms with Crippen LogP contribution in [0.25, 0.3) is 0 Å². The Kier molecular flexibility index (Phi) is 6.69. The first-order chi connectivity index (χ1) is 8.58. The lowest BCUT2D eigenvalue weighted by molar-refractivity contribution is -0.133. The number of imide groups is 1. The first kappa shape index (κ1) is 17.6. The Balaban J connectivity index is 4.84. The fraction of sp³-hybridized carbons (Fsp3) is 0.769. The summed E-state index contributed by atoms with van der Waals surface area (Å²) in [5.41, 5.74) is 5.00. The lowest BCUT2D eigenvalue weighted by Crippen LogP contribution is -2.49. The summed E-state index contributed by atoms with van der Waals surface area (Å²) in [4.78, 5) is 35.2. The van der Waals surface area contributed by atoms with E-state index in [4.69, 9.17) is 10.5 Å². The first-order valence-electron chi connectivity index (χ1n) is 6.32. The normalized spacial score (nSPS) is 13.0. The summed E-state index contributed by atoms with van der Waals surface area (Å²) >= 11 is 0. The second kappa shape index (κ2) is 7.23. The van der Waals surface area contributed by atoms with Crippen molar-refractivity contribution in [1.82, 2.24) is 4.90 Å². The van der Waals surface area contributed by atoms with E-state index in [2.05, 4.69) is 0 Å². The molecule has 0 aliphatic heterocycles. The molecule has 1 atom stereocenters. The minimum absolute atomic E-state index is 0.218.